The molecule has 4 rings (SSSR count). The van der Waals surface area contributed by atoms with Crippen LogP contribution in [0.4, 0.5) is 30.6 Å². The fraction of sp³-hybridized carbons (Fsp3) is 0.476. The third-order valence-corrected chi connectivity index (χ3v) is 5.85. The van der Waals surface area contributed by atoms with Crippen molar-refractivity contribution in [2.75, 3.05) is 28.7 Å². The minimum absolute atomic E-state index is 0.0116. The van der Waals surface area contributed by atoms with Crippen molar-refractivity contribution in [3.05, 3.63) is 35.3 Å². The third kappa shape index (κ3) is 3.75. The highest BCUT2D eigenvalue weighted by Crippen LogP contribution is 2.37. The van der Waals surface area contributed by atoms with Gasteiger partial charge < -0.3 is 19.9 Å². The van der Waals surface area contributed by atoms with Gasteiger partial charge >= 0.3 is 0 Å². The molecule has 7 nitrogen and oxygen atoms in total. The summed E-state index contributed by atoms with van der Waals surface area (Å²) in [5.74, 6) is -2.96. The van der Waals surface area contributed by atoms with E-state index in [9.17, 15) is 18.0 Å². The number of anilines is 3. The molecule has 0 spiro atoms. The van der Waals surface area contributed by atoms with Crippen molar-refractivity contribution in [2.24, 2.45) is 0 Å². The van der Waals surface area contributed by atoms with Crippen molar-refractivity contribution in [2.45, 2.75) is 51.8 Å². The molecule has 1 aromatic heterocycles. The highest BCUT2D eigenvalue weighted by molar-refractivity contribution is 6.05. The molecule has 0 radical (unpaired) electrons. The Morgan fingerprint density at radius 2 is 1.84 bits per heavy atom. The normalized spacial score (nSPS) is 22.8. The molecule has 10 heteroatoms. The van der Waals surface area contributed by atoms with E-state index < -0.39 is 17.5 Å². The summed E-state index contributed by atoms with van der Waals surface area (Å²) >= 11 is 0. The van der Waals surface area contributed by atoms with Gasteiger partial charge in [0.25, 0.3) is 0 Å². The lowest BCUT2D eigenvalue weighted by Crippen LogP contribution is -2.51. The van der Waals surface area contributed by atoms with Gasteiger partial charge in [-0.3, -0.25) is 4.79 Å². The Hall–Kier alpha value is -3.04. The molecule has 1 saturated carbocycles. The van der Waals surface area contributed by atoms with E-state index in [1.165, 1.54) is 0 Å². The van der Waals surface area contributed by atoms with Gasteiger partial charge in [0, 0.05) is 44.6 Å². The quantitative estimate of drug-likeness (QED) is 0.726. The van der Waals surface area contributed by atoms with Crippen molar-refractivity contribution < 1.29 is 22.7 Å². The van der Waals surface area contributed by atoms with E-state index in [1.54, 1.807) is 4.90 Å². The van der Waals surface area contributed by atoms with E-state index in [1.807, 2.05) is 32.7 Å². The van der Waals surface area contributed by atoms with Crippen LogP contribution in [0.3, 0.4) is 0 Å². The molecule has 2 aromatic rings. The number of carbonyl (C=O) groups excluding carboxylic acids is 1. The van der Waals surface area contributed by atoms with Crippen LogP contribution >= 0.6 is 0 Å². The number of hydrogen-bond acceptors (Lipinski definition) is 6. The largest absolute Gasteiger partial charge is 0.490 e. The maximum Gasteiger partial charge on any atom is 0.249 e. The van der Waals surface area contributed by atoms with Crippen molar-refractivity contribution in [1.29, 1.82) is 0 Å². The van der Waals surface area contributed by atoms with Crippen LogP contribution < -0.4 is 19.9 Å². The van der Waals surface area contributed by atoms with Gasteiger partial charge in [-0.1, -0.05) is 0 Å². The number of fused-ring (bicyclic) bond motifs is 1. The van der Waals surface area contributed by atoms with Gasteiger partial charge in [-0.05, 0) is 20.8 Å². The number of aromatic nitrogens is 2. The summed E-state index contributed by atoms with van der Waals surface area (Å²) in [5.41, 5.74) is 1.42. The lowest BCUT2D eigenvalue weighted by Gasteiger charge is -2.39. The van der Waals surface area contributed by atoms with Crippen molar-refractivity contribution >= 4 is 23.4 Å². The Labute approximate surface area is 178 Å². The zero-order valence-electron chi connectivity index (χ0n) is 17.7. The van der Waals surface area contributed by atoms with Crippen molar-refractivity contribution in [3.8, 4) is 5.75 Å². The molecule has 1 aliphatic carbocycles. The Kier molecular flexibility index (Phi) is 5.40. The summed E-state index contributed by atoms with van der Waals surface area (Å²) in [5, 5.41) is 3.26. The van der Waals surface area contributed by atoms with E-state index in [-0.39, 0.29) is 29.8 Å². The number of nitrogens with zero attached hydrogens (tertiary/aromatic N) is 4. The number of ether oxygens (including phenoxy) is 1. The van der Waals surface area contributed by atoms with Gasteiger partial charge in [0.2, 0.25) is 11.9 Å². The molecule has 1 atom stereocenters. The van der Waals surface area contributed by atoms with Crippen LogP contribution in [0.2, 0.25) is 0 Å². The van der Waals surface area contributed by atoms with Crippen LogP contribution in [0.5, 0.6) is 5.75 Å². The molecule has 0 unspecified atom stereocenters. The van der Waals surface area contributed by atoms with Crippen LogP contribution in [0.1, 0.15) is 32.4 Å². The van der Waals surface area contributed by atoms with E-state index in [4.69, 9.17) is 4.74 Å². The number of amides is 1. The first-order valence-electron chi connectivity index (χ1n) is 10.2. The topological polar surface area (TPSA) is 70.6 Å². The van der Waals surface area contributed by atoms with Gasteiger partial charge in [0.15, 0.2) is 23.3 Å². The highest BCUT2D eigenvalue weighted by Gasteiger charge is 2.37. The molecule has 1 amide bonds. The van der Waals surface area contributed by atoms with E-state index in [0.29, 0.717) is 42.5 Å². The second-order valence-electron chi connectivity index (χ2n) is 7.93. The first-order valence-corrected chi connectivity index (χ1v) is 10.2. The highest BCUT2D eigenvalue weighted by atomic mass is 19.2. The van der Waals surface area contributed by atoms with Crippen LogP contribution in [0, 0.1) is 24.4 Å². The molecule has 1 N–H and O–H groups in total. The number of likely N-dealkylation sites (N-methyl/N-ethyl adjacent to an activating group) is 2. The zero-order chi connectivity index (χ0) is 22.4. The molecule has 0 saturated heterocycles. The average molecular weight is 435 g/mol. The van der Waals surface area contributed by atoms with Gasteiger partial charge in [0.05, 0.1) is 5.69 Å². The Morgan fingerprint density at radius 1 is 1.19 bits per heavy atom. The fourth-order valence-corrected chi connectivity index (χ4v) is 3.93. The number of carbonyl (C=O) groups is 1. The second kappa shape index (κ2) is 7.90. The van der Waals surface area contributed by atoms with E-state index in [2.05, 4.69) is 15.3 Å². The van der Waals surface area contributed by atoms with Crippen LogP contribution in [0.15, 0.2) is 12.1 Å². The maximum absolute atomic E-state index is 13.3. The molecule has 1 aromatic carbocycles. The predicted octanol–water partition coefficient (Wildman–Crippen LogP) is 3.42. The molecule has 0 bridgehead atoms. The minimum atomic E-state index is -1.51. The molecule has 166 valence electrons. The zero-order valence-corrected chi connectivity index (χ0v) is 17.7. The van der Waals surface area contributed by atoms with Gasteiger partial charge in [0.1, 0.15) is 23.6 Å². The minimum Gasteiger partial charge on any atom is -0.490 e. The molecule has 1 aliphatic heterocycles. The molecular formula is C21H24F3N5O2. The lowest BCUT2D eigenvalue weighted by molar-refractivity contribution is -0.119. The number of hydrogen-bond donors (Lipinski definition) is 1. The number of rotatable bonds is 5. The Bertz CT molecular complexity index is 1010. The summed E-state index contributed by atoms with van der Waals surface area (Å²) in [7, 11) is 1.83. The number of aryl methyl sites for hydroxylation is 1. The van der Waals surface area contributed by atoms with Crippen molar-refractivity contribution in [3.63, 3.8) is 0 Å². The smallest absolute Gasteiger partial charge is 0.249 e. The SMILES string of the molecule is CCN1C(=O)[C@H](C)N(C)c2nc(NC3CC(Oc4cc(F)c(F)c(F)c4)C3)nc(C)c21. The molecule has 1 fully saturated rings. The van der Waals surface area contributed by atoms with Gasteiger partial charge in [-0.25, -0.2) is 18.2 Å². The Morgan fingerprint density at radius 3 is 2.45 bits per heavy atom. The van der Waals surface area contributed by atoms with Gasteiger partial charge in [-0.2, -0.15) is 4.98 Å². The number of halogens is 3. The van der Waals surface area contributed by atoms with Crippen molar-refractivity contribution in [1.82, 2.24) is 9.97 Å². The standard InChI is InChI=1S/C21H24F3N5O2/c1-5-29-18-10(2)25-21(27-19(18)28(4)11(3)20(29)30)26-12-6-13(7-12)31-14-8-15(22)17(24)16(23)9-14/h8-9,11-13H,5-7H2,1-4H3,(H,25,26,27)/t11-,12?,13?/m0/s1. The molecular weight excluding hydrogens is 411 g/mol. The average Bonchev–Trinajstić information content (AvgIpc) is 2.69. The summed E-state index contributed by atoms with van der Waals surface area (Å²) in [6.45, 7) is 6.13. The lowest BCUT2D eigenvalue weighted by atomic mass is 9.89. The van der Waals surface area contributed by atoms with E-state index in [0.717, 1.165) is 12.1 Å². The van der Waals surface area contributed by atoms with Crippen LogP contribution in [-0.2, 0) is 4.79 Å². The Balaban J connectivity index is 1.44. The van der Waals surface area contributed by atoms with Gasteiger partial charge in [-0.15, -0.1) is 0 Å². The molecule has 31 heavy (non-hydrogen) atoms. The van der Waals surface area contributed by atoms with E-state index >= 15 is 0 Å². The van der Waals surface area contributed by atoms with Crippen LogP contribution in [-0.4, -0.2) is 47.7 Å². The summed E-state index contributed by atoms with van der Waals surface area (Å²) < 4.78 is 45.3. The molecule has 2 aliphatic rings. The molecule has 2 heterocycles. The first-order chi connectivity index (χ1) is 14.7. The number of benzene rings is 1. The second-order valence-corrected chi connectivity index (χ2v) is 7.93. The summed E-state index contributed by atoms with van der Waals surface area (Å²) in [6.07, 6.45) is 0.897. The predicted molar refractivity (Wildman–Crippen MR) is 110 cm³/mol. The third-order valence-electron chi connectivity index (χ3n) is 5.85. The number of nitrogens with one attached hydrogen (secondary N) is 1. The monoisotopic (exact) mass is 435 g/mol. The first kappa shape index (κ1) is 21.2. The summed E-state index contributed by atoms with van der Waals surface area (Å²) in [6, 6.07) is 1.38. The van der Waals surface area contributed by atoms with Crippen LogP contribution in [0.25, 0.3) is 0 Å². The summed E-state index contributed by atoms with van der Waals surface area (Å²) in [4.78, 5) is 25.3. The maximum atomic E-state index is 13.3. The fourth-order valence-electron chi connectivity index (χ4n) is 3.93.